The third-order valence-corrected chi connectivity index (χ3v) is 3.49. The van der Waals surface area contributed by atoms with Crippen LogP contribution < -0.4 is 5.32 Å². The highest BCUT2D eigenvalue weighted by molar-refractivity contribution is 7.81. The first kappa shape index (κ1) is 11.9. The SMILES string of the molecule is CCC(S)C(=O)NC1CCCCCC1. The van der Waals surface area contributed by atoms with Gasteiger partial charge in [0.05, 0.1) is 5.25 Å². The topological polar surface area (TPSA) is 29.1 Å². The lowest BCUT2D eigenvalue weighted by Gasteiger charge is -2.18. The van der Waals surface area contributed by atoms with Gasteiger partial charge in [-0.05, 0) is 19.3 Å². The van der Waals surface area contributed by atoms with E-state index in [9.17, 15) is 4.79 Å². The first-order valence-corrected chi connectivity index (χ1v) is 6.24. The van der Waals surface area contributed by atoms with Gasteiger partial charge < -0.3 is 5.32 Å². The number of thiol groups is 1. The molecule has 0 aromatic heterocycles. The summed E-state index contributed by atoms with van der Waals surface area (Å²) in [5.74, 6) is 0.114. The van der Waals surface area contributed by atoms with Crippen molar-refractivity contribution in [1.29, 1.82) is 0 Å². The van der Waals surface area contributed by atoms with Crippen LogP contribution in [0.1, 0.15) is 51.9 Å². The summed E-state index contributed by atoms with van der Waals surface area (Å²) in [5, 5.41) is 2.97. The molecule has 0 bridgehead atoms. The van der Waals surface area contributed by atoms with Crippen molar-refractivity contribution in [2.45, 2.75) is 63.2 Å². The minimum Gasteiger partial charge on any atom is -0.352 e. The fourth-order valence-corrected chi connectivity index (χ4v) is 1.98. The average Bonchev–Trinajstić information content (AvgIpc) is 2.45. The second kappa shape index (κ2) is 6.33. The molecule has 0 saturated heterocycles. The molecular weight excluding hydrogens is 194 g/mol. The Morgan fingerprint density at radius 3 is 2.43 bits per heavy atom. The Hall–Kier alpha value is -0.180. The Bertz CT molecular complexity index is 176. The Morgan fingerprint density at radius 2 is 1.93 bits per heavy atom. The Labute approximate surface area is 92.2 Å². The van der Waals surface area contributed by atoms with Crippen LogP contribution in [0.2, 0.25) is 0 Å². The highest BCUT2D eigenvalue weighted by Crippen LogP contribution is 2.17. The van der Waals surface area contributed by atoms with Crippen LogP contribution in [0.25, 0.3) is 0 Å². The van der Waals surface area contributed by atoms with Gasteiger partial charge in [-0.25, -0.2) is 0 Å². The van der Waals surface area contributed by atoms with Crippen molar-refractivity contribution in [2.24, 2.45) is 0 Å². The van der Waals surface area contributed by atoms with Crippen LogP contribution in [0.15, 0.2) is 0 Å². The number of rotatable bonds is 3. The minimum absolute atomic E-state index is 0.114. The maximum atomic E-state index is 11.6. The van der Waals surface area contributed by atoms with Gasteiger partial charge in [0.15, 0.2) is 0 Å². The molecule has 0 heterocycles. The first-order valence-electron chi connectivity index (χ1n) is 5.72. The van der Waals surface area contributed by atoms with Crippen molar-refractivity contribution in [2.75, 3.05) is 0 Å². The smallest absolute Gasteiger partial charge is 0.233 e. The zero-order valence-electron chi connectivity index (χ0n) is 8.96. The van der Waals surface area contributed by atoms with E-state index in [1.807, 2.05) is 6.92 Å². The second-order valence-corrected chi connectivity index (χ2v) is 4.74. The molecule has 0 aromatic carbocycles. The van der Waals surface area contributed by atoms with E-state index in [-0.39, 0.29) is 11.2 Å². The molecule has 1 aliphatic carbocycles. The molecule has 14 heavy (non-hydrogen) atoms. The highest BCUT2D eigenvalue weighted by atomic mass is 32.1. The van der Waals surface area contributed by atoms with Gasteiger partial charge in [-0.2, -0.15) is 12.6 Å². The average molecular weight is 215 g/mol. The number of hydrogen-bond acceptors (Lipinski definition) is 2. The van der Waals surface area contributed by atoms with Crippen molar-refractivity contribution in [1.82, 2.24) is 5.32 Å². The van der Waals surface area contributed by atoms with Gasteiger partial charge >= 0.3 is 0 Å². The Kier molecular flexibility index (Phi) is 5.38. The maximum Gasteiger partial charge on any atom is 0.233 e. The number of hydrogen-bond donors (Lipinski definition) is 2. The van der Waals surface area contributed by atoms with Crippen LogP contribution in [0.5, 0.6) is 0 Å². The Morgan fingerprint density at radius 1 is 1.36 bits per heavy atom. The lowest BCUT2D eigenvalue weighted by Crippen LogP contribution is -2.39. The van der Waals surface area contributed by atoms with E-state index in [4.69, 9.17) is 0 Å². The quantitative estimate of drug-likeness (QED) is 0.550. The van der Waals surface area contributed by atoms with Crippen LogP contribution in [0, 0.1) is 0 Å². The molecule has 2 nitrogen and oxygen atoms in total. The van der Waals surface area contributed by atoms with Crippen LogP contribution in [0.4, 0.5) is 0 Å². The zero-order chi connectivity index (χ0) is 10.4. The van der Waals surface area contributed by atoms with E-state index >= 15 is 0 Å². The number of carbonyl (C=O) groups excluding carboxylic acids is 1. The van der Waals surface area contributed by atoms with E-state index in [0.717, 1.165) is 19.3 Å². The standard InChI is InChI=1S/C11H21NOS/c1-2-10(14)11(13)12-9-7-5-3-4-6-8-9/h9-10,14H,2-8H2,1H3,(H,12,13). The van der Waals surface area contributed by atoms with Gasteiger partial charge in [0, 0.05) is 6.04 Å². The lowest BCUT2D eigenvalue weighted by molar-refractivity contribution is -0.121. The monoisotopic (exact) mass is 215 g/mol. The van der Waals surface area contributed by atoms with Gasteiger partial charge in [-0.15, -0.1) is 0 Å². The number of amides is 1. The normalized spacial score (nSPS) is 21.3. The van der Waals surface area contributed by atoms with Crippen molar-refractivity contribution in [3.63, 3.8) is 0 Å². The van der Waals surface area contributed by atoms with Crippen LogP contribution in [0.3, 0.4) is 0 Å². The summed E-state index contributed by atoms with van der Waals surface area (Å²) in [6, 6.07) is 0.409. The molecule has 0 aromatic rings. The van der Waals surface area contributed by atoms with Crippen LogP contribution >= 0.6 is 12.6 Å². The van der Waals surface area contributed by atoms with Gasteiger partial charge in [-0.1, -0.05) is 32.6 Å². The summed E-state index contributed by atoms with van der Waals surface area (Å²) >= 11 is 4.24. The molecule has 3 heteroatoms. The summed E-state index contributed by atoms with van der Waals surface area (Å²) in [6.45, 7) is 1.99. The molecule has 0 radical (unpaired) electrons. The molecule has 1 unspecified atom stereocenters. The highest BCUT2D eigenvalue weighted by Gasteiger charge is 2.17. The van der Waals surface area contributed by atoms with Gasteiger partial charge in [-0.3, -0.25) is 4.79 Å². The summed E-state index contributed by atoms with van der Waals surface area (Å²) in [5.41, 5.74) is 0. The third-order valence-electron chi connectivity index (χ3n) is 2.89. The van der Waals surface area contributed by atoms with Crippen LogP contribution in [-0.2, 0) is 4.79 Å². The van der Waals surface area contributed by atoms with Crippen LogP contribution in [-0.4, -0.2) is 17.2 Å². The number of carbonyl (C=O) groups is 1. The van der Waals surface area contributed by atoms with Gasteiger partial charge in [0.1, 0.15) is 0 Å². The van der Waals surface area contributed by atoms with Crippen molar-refractivity contribution in [3.8, 4) is 0 Å². The minimum atomic E-state index is -0.127. The fraction of sp³-hybridized carbons (Fsp3) is 0.909. The second-order valence-electron chi connectivity index (χ2n) is 4.12. The molecule has 1 saturated carbocycles. The molecule has 1 fully saturated rings. The fourth-order valence-electron chi connectivity index (χ4n) is 1.91. The predicted octanol–water partition coefficient (Wildman–Crippen LogP) is 2.53. The summed E-state index contributed by atoms with van der Waals surface area (Å²) in [6.07, 6.45) is 8.27. The molecular formula is C11H21NOS. The molecule has 0 spiro atoms. The third kappa shape index (κ3) is 3.91. The summed E-state index contributed by atoms with van der Waals surface area (Å²) in [7, 11) is 0. The number of nitrogens with one attached hydrogen (secondary N) is 1. The van der Waals surface area contributed by atoms with E-state index in [2.05, 4.69) is 17.9 Å². The molecule has 1 amide bonds. The lowest BCUT2D eigenvalue weighted by atomic mass is 10.1. The summed E-state index contributed by atoms with van der Waals surface area (Å²) < 4.78 is 0. The molecule has 0 aliphatic heterocycles. The van der Waals surface area contributed by atoms with Crippen molar-refractivity contribution < 1.29 is 4.79 Å². The molecule has 1 atom stereocenters. The predicted molar refractivity (Wildman–Crippen MR) is 62.7 cm³/mol. The van der Waals surface area contributed by atoms with E-state index in [0.29, 0.717) is 6.04 Å². The summed E-state index contributed by atoms with van der Waals surface area (Å²) in [4.78, 5) is 11.6. The van der Waals surface area contributed by atoms with E-state index in [1.165, 1.54) is 25.7 Å². The zero-order valence-corrected chi connectivity index (χ0v) is 9.85. The van der Waals surface area contributed by atoms with Crippen molar-refractivity contribution in [3.05, 3.63) is 0 Å². The molecule has 1 aliphatic rings. The van der Waals surface area contributed by atoms with Crippen molar-refractivity contribution >= 4 is 18.5 Å². The van der Waals surface area contributed by atoms with Gasteiger partial charge in [0.25, 0.3) is 0 Å². The van der Waals surface area contributed by atoms with E-state index < -0.39 is 0 Å². The molecule has 1 N–H and O–H groups in total. The molecule has 1 rings (SSSR count). The Balaban J connectivity index is 2.30. The largest absolute Gasteiger partial charge is 0.352 e. The van der Waals surface area contributed by atoms with Gasteiger partial charge in [0.2, 0.25) is 5.91 Å². The first-order chi connectivity index (χ1) is 6.74. The maximum absolute atomic E-state index is 11.6. The molecule has 82 valence electrons. The van der Waals surface area contributed by atoms with E-state index in [1.54, 1.807) is 0 Å².